The van der Waals surface area contributed by atoms with Crippen LogP contribution >= 0.6 is 0 Å². The Morgan fingerprint density at radius 3 is 1.67 bits per heavy atom. The van der Waals surface area contributed by atoms with Crippen molar-refractivity contribution in [1.82, 2.24) is 5.32 Å². The quantitative estimate of drug-likeness (QED) is 0.599. The topological polar surface area (TPSA) is 12.0 Å². The van der Waals surface area contributed by atoms with E-state index < -0.39 is 0 Å². The smallest absolute Gasteiger partial charge is 0.0133 e. The molecule has 2 fully saturated rings. The number of fused-ring (bicyclic) bond motifs is 2. The molecule has 0 aromatic heterocycles. The van der Waals surface area contributed by atoms with Gasteiger partial charge in [0.15, 0.2) is 0 Å². The van der Waals surface area contributed by atoms with Crippen LogP contribution in [0.4, 0.5) is 0 Å². The molecule has 1 N–H and O–H groups in total. The standard InChI is InChI=1S/C14H23N/c1-3-7-13-11(5-1)9-10-12-6-2-4-8-14(12)15-13/h9-15H,1-8H2. The van der Waals surface area contributed by atoms with Gasteiger partial charge in [-0.05, 0) is 37.5 Å². The maximum atomic E-state index is 3.96. The molecule has 4 atom stereocenters. The van der Waals surface area contributed by atoms with E-state index in [0.29, 0.717) is 0 Å². The highest BCUT2D eigenvalue weighted by Crippen LogP contribution is 2.34. The van der Waals surface area contributed by atoms with Crippen molar-refractivity contribution < 1.29 is 0 Å². The summed E-state index contributed by atoms with van der Waals surface area (Å²) in [6.45, 7) is 0. The minimum atomic E-state index is 0.808. The van der Waals surface area contributed by atoms with Crippen LogP contribution < -0.4 is 5.32 Å². The average Bonchev–Trinajstić information content (AvgIpc) is 2.48. The van der Waals surface area contributed by atoms with Gasteiger partial charge in [-0.25, -0.2) is 0 Å². The highest BCUT2D eigenvalue weighted by Gasteiger charge is 2.32. The maximum absolute atomic E-state index is 3.96. The molecule has 0 saturated heterocycles. The molecule has 84 valence electrons. The minimum Gasteiger partial charge on any atom is -0.310 e. The summed E-state index contributed by atoms with van der Waals surface area (Å²) in [4.78, 5) is 0. The summed E-state index contributed by atoms with van der Waals surface area (Å²) >= 11 is 0. The Morgan fingerprint density at radius 1 is 0.667 bits per heavy atom. The molecule has 0 radical (unpaired) electrons. The van der Waals surface area contributed by atoms with E-state index in [0.717, 1.165) is 23.9 Å². The molecule has 1 heterocycles. The first kappa shape index (κ1) is 9.89. The monoisotopic (exact) mass is 205 g/mol. The Hall–Kier alpha value is -0.300. The molecule has 4 unspecified atom stereocenters. The fourth-order valence-electron chi connectivity index (χ4n) is 3.75. The van der Waals surface area contributed by atoms with Crippen LogP contribution in [0.5, 0.6) is 0 Å². The van der Waals surface area contributed by atoms with Gasteiger partial charge in [0.2, 0.25) is 0 Å². The molecule has 1 aliphatic heterocycles. The molecule has 2 saturated carbocycles. The third-order valence-corrected chi connectivity index (χ3v) is 4.67. The van der Waals surface area contributed by atoms with Gasteiger partial charge in [-0.3, -0.25) is 0 Å². The zero-order valence-corrected chi connectivity index (χ0v) is 9.62. The van der Waals surface area contributed by atoms with Crippen molar-refractivity contribution in [3.8, 4) is 0 Å². The molecule has 1 heteroatoms. The summed E-state index contributed by atoms with van der Waals surface area (Å²) < 4.78 is 0. The van der Waals surface area contributed by atoms with E-state index in [-0.39, 0.29) is 0 Å². The van der Waals surface area contributed by atoms with Crippen LogP contribution in [-0.4, -0.2) is 12.1 Å². The molecule has 0 spiro atoms. The van der Waals surface area contributed by atoms with Gasteiger partial charge < -0.3 is 5.32 Å². The fourth-order valence-corrected chi connectivity index (χ4v) is 3.75. The molecule has 3 rings (SSSR count). The summed E-state index contributed by atoms with van der Waals surface area (Å²) in [5, 5.41) is 3.96. The fraction of sp³-hybridized carbons (Fsp3) is 0.857. The lowest BCUT2D eigenvalue weighted by Gasteiger charge is -2.35. The van der Waals surface area contributed by atoms with Crippen molar-refractivity contribution in [3.63, 3.8) is 0 Å². The van der Waals surface area contributed by atoms with E-state index in [9.17, 15) is 0 Å². The SMILES string of the molecule is C1=CC2CCCCC2NC2CCCCC12. The van der Waals surface area contributed by atoms with Crippen LogP contribution in [0.15, 0.2) is 12.2 Å². The maximum Gasteiger partial charge on any atom is 0.0133 e. The van der Waals surface area contributed by atoms with E-state index in [4.69, 9.17) is 0 Å². The van der Waals surface area contributed by atoms with Gasteiger partial charge in [0.1, 0.15) is 0 Å². The third kappa shape index (κ3) is 1.99. The lowest BCUT2D eigenvalue weighted by atomic mass is 9.84. The molecule has 15 heavy (non-hydrogen) atoms. The Morgan fingerprint density at radius 2 is 1.13 bits per heavy atom. The lowest BCUT2D eigenvalue weighted by Crippen LogP contribution is -2.46. The third-order valence-electron chi connectivity index (χ3n) is 4.67. The van der Waals surface area contributed by atoms with Gasteiger partial charge in [-0.1, -0.05) is 37.8 Å². The molecular formula is C14H23N. The average molecular weight is 205 g/mol. The normalized spacial score (nSPS) is 45.3. The highest BCUT2D eigenvalue weighted by molar-refractivity contribution is 5.06. The zero-order valence-electron chi connectivity index (χ0n) is 9.62. The van der Waals surface area contributed by atoms with Crippen LogP contribution in [0.25, 0.3) is 0 Å². The molecule has 3 aliphatic rings. The molecule has 0 bridgehead atoms. The van der Waals surface area contributed by atoms with Crippen LogP contribution in [0.2, 0.25) is 0 Å². The second-order valence-corrected chi connectivity index (χ2v) is 5.66. The van der Waals surface area contributed by atoms with Crippen LogP contribution in [0.1, 0.15) is 51.4 Å². The van der Waals surface area contributed by atoms with Gasteiger partial charge in [-0.2, -0.15) is 0 Å². The van der Waals surface area contributed by atoms with E-state index in [2.05, 4.69) is 17.5 Å². The lowest BCUT2D eigenvalue weighted by molar-refractivity contribution is 0.238. The van der Waals surface area contributed by atoms with E-state index in [1.54, 1.807) is 0 Å². The Balaban J connectivity index is 1.76. The first-order valence-corrected chi connectivity index (χ1v) is 6.88. The summed E-state index contributed by atoms with van der Waals surface area (Å²) in [5.41, 5.74) is 0. The Kier molecular flexibility index (Phi) is 2.83. The van der Waals surface area contributed by atoms with E-state index >= 15 is 0 Å². The second-order valence-electron chi connectivity index (χ2n) is 5.66. The van der Waals surface area contributed by atoms with Crippen LogP contribution in [-0.2, 0) is 0 Å². The van der Waals surface area contributed by atoms with Crippen molar-refractivity contribution in [2.75, 3.05) is 0 Å². The number of hydrogen-bond donors (Lipinski definition) is 1. The Bertz CT molecular complexity index is 222. The molecular weight excluding hydrogens is 182 g/mol. The van der Waals surface area contributed by atoms with Crippen molar-refractivity contribution >= 4 is 0 Å². The zero-order chi connectivity index (χ0) is 10.1. The number of hydrogen-bond acceptors (Lipinski definition) is 1. The van der Waals surface area contributed by atoms with Crippen molar-refractivity contribution in [3.05, 3.63) is 12.2 Å². The van der Waals surface area contributed by atoms with Crippen LogP contribution in [0, 0.1) is 11.8 Å². The summed E-state index contributed by atoms with van der Waals surface area (Å²) in [6, 6.07) is 1.62. The number of nitrogens with one attached hydrogen (secondary N) is 1. The van der Waals surface area contributed by atoms with Gasteiger partial charge in [0.25, 0.3) is 0 Å². The van der Waals surface area contributed by atoms with Gasteiger partial charge in [0, 0.05) is 12.1 Å². The predicted molar refractivity (Wildman–Crippen MR) is 63.8 cm³/mol. The summed E-state index contributed by atoms with van der Waals surface area (Å²) in [7, 11) is 0. The molecule has 0 aromatic rings. The van der Waals surface area contributed by atoms with Crippen molar-refractivity contribution in [1.29, 1.82) is 0 Å². The largest absolute Gasteiger partial charge is 0.310 e. The van der Waals surface area contributed by atoms with Gasteiger partial charge in [-0.15, -0.1) is 0 Å². The predicted octanol–water partition coefficient (Wildman–Crippen LogP) is 3.26. The van der Waals surface area contributed by atoms with Gasteiger partial charge in [0.05, 0.1) is 0 Å². The Labute approximate surface area is 93.3 Å². The summed E-state index contributed by atoms with van der Waals surface area (Å²) in [6.07, 6.45) is 16.6. The summed E-state index contributed by atoms with van der Waals surface area (Å²) in [5.74, 6) is 1.70. The van der Waals surface area contributed by atoms with Crippen molar-refractivity contribution in [2.24, 2.45) is 11.8 Å². The first-order chi connectivity index (χ1) is 7.43. The van der Waals surface area contributed by atoms with Crippen molar-refractivity contribution in [2.45, 2.75) is 63.5 Å². The molecule has 0 amide bonds. The first-order valence-electron chi connectivity index (χ1n) is 6.88. The van der Waals surface area contributed by atoms with Gasteiger partial charge >= 0.3 is 0 Å². The number of rotatable bonds is 0. The minimum absolute atomic E-state index is 0.808. The molecule has 2 aliphatic carbocycles. The molecule has 1 nitrogen and oxygen atoms in total. The highest BCUT2D eigenvalue weighted by atomic mass is 15.0. The van der Waals surface area contributed by atoms with E-state index in [1.807, 2.05) is 0 Å². The molecule has 0 aromatic carbocycles. The van der Waals surface area contributed by atoms with E-state index in [1.165, 1.54) is 51.4 Å². The second kappa shape index (κ2) is 4.29. The van der Waals surface area contributed by atoms with Crippen LogP contribution in [0.3, 0.4) is 0 Å².